The third-order valence-electron chi connectivity index (χ3n) is 4.08. The quantitative estimate of drug-likeness (QED) is 0.282. The van der Waals surface area contributed by atoms with Gasteiger partial charge in [-0.3, -0.25) is 0 Å². The fourth-order valence-electron chi connectivity index (χ4n) is 2.65. The molecule has 0 aliphatic carbocycles. The van der Waals surface area contributed by atoms with Crippen molar-refractivity contribution < 1.29 is 19.0 Å². The molecule has 0 spiro atoms. The van der Waals surface area contributed by atoms with Crippen LogP contribution in [0.25, 0.3) is 0 Å². The van der Waals surface area contributed by atoms with Gasteiger partial charge in [0.1, 0.15) is 28.7 Å². The number of rotatable bonds is 6. The van der Waals surface area contributed by atoms with Crippen LogP contribution < -0.4 is 14.2 Å². The van der Waals surface area contributed by atoms with Gasteiger partial charge in [0.25, 0.3) is 0 Å². The van der Waals surface area contributed by atoms with Gasteiger partial charge in [0.15, 0.2) is 0 Å². The Labute approximate surface area is 168 Å². The Balaban J connectivity index is 1.36. The van der Waals surface area contributed by atoms with Gasteiger partial charge in [0, 0.05) is 0 Å². The van der Waals surface area contributed by atoms with Crippen LogP contribution in [0.2, 0.25) is 0 Å². The molecule has 4 aromatic carbocycles. The van der Waals surface area contributed by atoms with Crippen molar-refractivity contribution in [3.05, 3.63) is 115 Å². The largest absolute Gasteiger partial charge is 0.457 e. The van der Waals surface area contributed by atoms with E-state index in [2.05, 4.69) is 0 Å². The Bertz CT molecular complexity index is 1060. The van der Waals surface area contributed by atoms with Crippen LogP contribution >= 0.6 is 0 Å². The van der Waals surface area contributed by atoms with E-state index in [0.29, 0.717) is 22.8 Å². The number of ether oxygens (including phenoxy) is 3. The van der Waals surface area contributed by atoms with Crippen LogP contribution in [-0.4, -0.2) is 5.97 Å². The highest BCUT2D eigenvalue weighted by atomic mass is 16.5. The Kier molecular flexibility index (Phi) is 5.53. The molecule has 0 saturated carbocycles. The highest BCUT2D eigenvalue weighted by Crippen LogP contribution is 2.27. The van der Waals surface area contributed by atoms with Crippen molar-refractivity contribution in [2.75, 3.05) is 0 Å². The second-order valence-electron chi connectivity index (χ2n) is 6.22. The number of carbonyl (C=O) groups is 1. The lowest BCUT2D eigenvalue weighted by atomic mass is 10.2. The third-order valence-corrected chi connectivity index (χ3v) is 4.08. The zero-order valence-electron chi connectivity index (χ0n) is 15.5. The van der Waals surface area contributed by atoms with Gasteiger partial charge in [0.05, 0.1) is 5.56 Å². The van der Waals surface area contributed by atoms with Gasteiger partial charge in [0.2, 0.25) is 0 Å². The maximum absolute atomic E-state index is 12.2. The molecule has 0 radical (unpaired) electrons. The summed E-state index contributed by atoms with van der Waals surface area (Å²) in [4.78, 5) is 12.2. The molecule has 0 atom stereocenters. The molecule has 0 unspecified atom stereocenters. The number of esters is 1. The number of carbonyl (C=O) groups excluding carboxylic acids is 1. The Morgan fingerprint density at radius 3 is 1.31 bits per heavy atom. The Morgan fingerprint density at radius 2 is 0.828 bits per heavy atom. The van der Waals surface area contributed by atoms with Crippen LogP contribution in [0.1, 0.15) is 10.4 Å². The molecule has 142 valence electrons. The second kappa shape index (κ2) is 8.76. The molecule has 0 saturated heterocycles. The second-order valence-corrected chi connectivity index (χ2v) is 6.22. The van der Waals surface area contributed by atoms with E-state index in [1.807, 2.05) is 72.8 Å². The molecule has 4 heteroatoms. The first kappa shape index (κ1) is 18.3. The molecule has 0 aliphatic heterocycles. The van der Waals surface area contributed by atoms with Gasteiger partial charge in [-0.25, -0.2) is 4.79 Å². The third kappa shape index (κ3) is 5.02. The van der Waals surface area contributed by atoms with Crippen molar-refractivity contribution >= 4 is 5.97 Å². The first-order valence-electron chi connectivity index (χ1n) is 9.14. The van der Waals surface area contributed by atoms with Gasteiger partial charge < -0.3 is 14.2 Å². The van der Waals surface area contributed by atoms with E-state index in [1.165, 1.54) is 0 Å². The zero-order valence-corrected chi connectivity index (χ0v) is 15.5. The number of para-hydroxylation sites is 2. The molecule has 0 aromatic heterocycles. The number of benzene rings is 4. The fourth-order valence-corrected chi connectivity index (χ4v) is 2.65. The van der Waals surface area contributed by atoms with Gasteiger partial charge in [-0.05, 0) is 72.8 Å². The van der Waals surface area contributed by atoms with E-state index < -0.39 is 5.97 Å². The van der Waals surface area contributed by atoms with Crippen LogP contribution in [0.4, 0.5) is 0 Å². The topological polar surface area (TPSA) is 44.8 Å². The smallest absolute Gasteiger partial charge is 0.343 e. The molecule has 0 amide bonds. The standard InChI is InChI=1S/C25H18O4/c26-25(29-21-9-5-2-6-10-21)19-11-13-22(14-12-19)28-24-17-15-23(16-18-24)27-20-7-3-1-4-8-20/h1-18H. The van der Waals surface area contributed by atoms with Gasteiger partial charge in [-0.15, -0.1) is 0 Å². The lowest BCUT2D eigenvalue weighted by Gasteiger charge is -2.09. The molecule has 29 heavy (non-hydrogen) atoms. The number of hydrogen-bond donors (Lipinski definition) is 0. The van der Waals surface area contributed by atoms with E-state index in [9.17, 15) is 4.79 Å². The SMILES string of the molecule is O=C(Oc1ccccc1)c1ccc(Oc2ccc(Oc3ccccc3)cc2)cc1. The van der Waals surface area contributed by atoms with Crippen molar-refractivity contribution in [1.82, 2.24) is 0 Å². The Hall–Kier alpha value is -4.05. The van der Waals surface area contributed by atoms with E-state index >= 15 is 0 Å². The highest BCUT2D eigenvalue weighted by Gasteiger charge is 2.09. The van der Waals surface area contributed by atoms with Gasteiger partial charge >= 0.3 is 5.97 Å². The summed E-state index contributed by atoms with van der Waals surface area (Å²) in [6.45, 7) is 0. The summed E-state index contributed by atoms with van der Waals surface area (Å²) in [5.74, 6) is 2.89. The maximum atomic E-state index is 12.2. The molecule has 0 bridgehead atoms. The predicted molar refractivity (Wildman–Crippen MR) is 111 cm³/mol. The number of hydrogen-bond acceptors (Lipinski definition) is 4. The summed E-state index contributed by atoms with van der Waals surface area (Å²) in [7, 11) is 0. The summed E-state index contributed by atoms with van der Waals surface area (Å²) in [5.41, 5.74) is 0.452. The fraction of sp³-hybridized carbons (Fsp3) is 0. The summed E-state index contributed by atoms with van der Waals surface area (Å²) in [6.07, 6.45) is 0. The minimum Gasteiger partial charge on any atom is -0.457 e. The van der Waals surface area contributed by atoms with Crippen molar-refractivity contribution in [3.8, 4) is 28.7 Å². The summed E-state index contributed by atoms with van der Waals surface area (Å²) in [6, 6.07) is 32.7. The molecule has 4 rings (SSSR count). The molecule has 0 aliphatic rings. The zero-order chi connectivity index (χ0) is 19.9. The normalized spacial score (nSPS) is 10.2. The molecular weight excluding hydrogens is 364 g/mol. The van der Waals surface area contributed by atoms with Crippen molar-refractivity contribution in [1.29, 1.82) is 0 Å². The minimum absolute atomic E-state index is 0.412. The van der Waals surface area contributed by atoms with Gasteiger partial charge in [-0.2, -0.15) is 0 Å². The average Bonchev–Trinajstić information content (AvgIpc) is 2.77. The van der Waals surface area contributed by atoms with Crippen molar-refractivity contribution in [2.45, 2.75) is 0 Å². The van der Waals surface area contributed by atoms with Crippen LogP contribution in [0, 0.1) is 0 Å². The highest BCUT2D eigenvalue weighted by molar-refractivity contribution is 5.91. The molecular formula is C25H18O4. The summed E-state index contributed by atoms with van der Waals surface area (Å²) in [5, 5.41) is 0. The van der Waals surface area contributed by atoms with E-state index in [-0.39, 0.29) is 0 Å². The monoisotopic (exact) mass is 382 g/mol. The predicted octanol–water partition coefficient (Wildman–Crippen LogP) is 6.49. The van der Waals surface area contributed by atoms with Crippen LogP contribution in [0.15, 0.2) is 109 Å². The van der Waals surface area contributed by atoms with E-state index in [1.54, 1.807) is 36.4 Å². The molecule has 0 heterocycles. The van der Waals surface area contributed by atoms with Crippen LogP contribution in [0.5, 0.6) is 28.7 Å². The first-order chi connectivity index (χ1) is 14.3. The average molecular weight is 382 g/mol. The molecule has 4 nitrogen and oxygen atoms in total. The van der Waals surface area contributed by atoms with Crippen molar-refractivity contribution in [3.63, 3.8) is 0 Å². The lowest BCUT2D eigenvalue weighted by molar-refractivity contribution is 0.0735. The maximum Gasteiger partial charge on any atom is 0.343 e. The van der Waals surface area contributed by atoms with E-state index in [4.69, 9.17) is 14.2 Å². The molecule has 4 aromatic rings. The lowest BCUT2D eigenvalue weighted by Crippen LogP contribution is -2.08. The van der Waals surface area contributed by atoms with Crippen LogP contribution in [0.3, 0.4) is 0 Å². The summed E-state index contributed by atoms with van der Waals surface area (Å²) >= 11 is 0. The molecule has 0 fully saturated rings. The first-order valence-corrected chi connectivity index (χ1v) is 9.14. The summed E-state index contributed by atoms with van der Waals surface area (Å²) < 4.78 is 16.9. The van der Waals surface area contributed by atoms with Crippen LogP contribution in [-0.2, 0) is 0 Å². The van der Waals surface area contributed by atoms with Gasteiger partial charge in [-0.1, -0.05) is 36.4 Å². The van der Waals surface area contributed by atoms with Crippen molar-refractivity contribution in [2.24, 2.45) is 0 Å². The minimum atomic E-state index is -0.412. The molecule has 0 N–H and O–H groups in total. The van der Waals surface area contributed by atoms with E-state index in [0.717, 1.165) is 11.5 Å². The Morgan fingerprint density at radius 1 is 0.448 bits per heavy atom.